The molecule has 78 valence electrons. The van der Waals surface area contributed by atoms with Gasteiger partial charge in [0.2, 0.25) is 0 Å². The van der Waals surface area contributed by atoms with Crippen LogP contribution in [0, 0.1) is 10.1 Å². The topological polar surface area (TPSA) is 85.6 Å². The van der Waals surface area contributed by atoms with Crippen molar-refractivity contribution < 1.29 is 14.5 Å². The molecule has 0 radical (unpaired) electrons. The van der Waals surface area contributed by atoms with Crippen molar-refractivity contribution in [1.82, 2.24) is 4.98 Å². The van der Waals surface area contributed by atoms with Crippen molar-refractivity contribution in [3.05, 3.63) is 28.4 Å². The second-order valence-corrected chi connectivity index (χ2v) is 2.90. The number of anilines is 1. The second kappa shape index (κ2) is 3.52. The molecule has 0 unspecified atom stereocenters. The molecule has 7 nitrogen and oxygen atoms in total. The Morgan fingerprint density at radius 1 is 1.53 bits per heavy atom. The van der Waals surface area contributed by atoms with Gasteiger partial charge in [-0.25, -0.2) is 9.78 Å². The lowest BCUT2D eigenvalue weighted by atomic mass is 10.4. The summed E-state index contributed by atoms with van der Waals surface area (Å²) in [4.78, 5) is 26.1. The Hall–Kier alpha value is -2.18. The molecule has 0 atom stereocenters. The number of rotatable bonds is 2. The van der Waals surface area contributed by atoms with Gasteiger partial charge in [-0.2, -0.15) is 0 Å². The Bertz CT molecular complexity index is 403. The van der Waals surface area contributed by atoms with Gasteiger partial charge in [-0.1, -0.05) is 0 Å². The monoisotopic (exact) mass is 209 g/mol. The number of pyridine rings is 1. The van der Waals surface area contributed by atoms with Crippen molar-refractivity contribution in [2.45, 2.75) is 0 Å². The molecule has 1 saturated heterocycles. The van der Waals surface area contributed by atoms with Crippen LogP contribution < -0.4 is 4.90 Å². The van der Waals surface area contributed by atoms with E-state index in [1.165, 1.54) is 17.0 Å². The fourth-order valence-electron chi connectivity index (χ4n) is 1.25. The van der Waals surface area contributed by atoms with Gasteiger partial charge in [-0.3, -0.25) is 15.0 Å². The summed E-state index contributed by atoms with van der Waals surface area (Å²) in [7, 11) is 0. The molecule has 1 aromatic heterocycles. The molecule has 0 spiro atoms. The fraction of sp³-hybridized carbons (Fsp3) is 0.250. The average molecular weight is 209 g/mol. The van der Waals surface area contributed by atoms with Gasteiger partial charge in [0.05, 0.1) is 11.5 Å². The first-order valence-corrected chi connectivity index (χ1v) is 4.23. The van der Waals surface area contributed by atoms with Gasteiger partial charge in [0.15, 0.2) is 0 Å². The number of hydrogen-bond donors (Lipinski definition) is 0. The molecule has 0 aromatic carbocycles. The van der Waals surface area contributed by atoms with Crippen molar-refractivity contribution in [1.29, 1.82) is 0 Å². The first-order valence-electron chi connectivity index (χ1n) is 4.23. The van der Waals surface area contributed by atoms with Crippen LogP contribution in [0.3, 0.4) is 0 Å². The van der Waals surface area contributed by atoms with Crippen LogP contribution in [-0.2, 0) is 4.74 Å². The third-order valence-electron chi connectivity index (χ3n) is 1.98. The van der Waals surface area contributed by atoms with Crippen LogP contribution in [-0.4, -0.2) is 29.2 Å². The van der Waals surface area contributed by atoms with Crippen LogP contribution in [0.2, 0.25) is 0 Å². The van der Waals surface area contributed by atoms with Gasteiger partial charge in [-0.05, 0) is 6.07 Å². The smallest absolute Gasteiger partial charge is 0.415 e. The van der Waals surface area contributed by atoms with E-state index in [0.717, 1.165) is 6.20 Å². The Labute approximate surface area is 84.4 Å². The predicted molar refractivity (Wildman–Crippen MR) is 49.6 cm³/mol. The summed E-state index contributed by atoms with van der Waals surface area (Å²) in [5.41, 5.74) is -0.105. The van der Waals surface area contributed by atoms with E-state index in [2.05, 4.69) is 4.98 Å². The van der Waals surface area contributed by atoms with Crippen molar-refractivity contribution in [2.24, 2.45) is 0 Å². The van der Waals surface area contributed by atoms with Crippen LogP contribution in [0.15, 0.2) is 18.3 Å². The molecule has 7 heteroatoms. The fourth-order valence-corrected chi connectivity index (χ4v) is 1.25. The summed E-state index contributed by atoms with van der Waals surface area (Å²) in [6, 6.07) is 2.72. The molecule has 0 aliphatic carbocycles. The number of cyclic esters (lactones) is 1. The minimum atomic E-state index is -0.543. The molecule has 1 aliphatic rings. The van der Waals surface area contributed by atoms with E-state index in [1.807, 2.05) is 0 Å². The summed E-state index contributed by atoms with van der Waals surface area (Å²) < 4.78 is 4.71. The molecule has 0 bridgehead atoms. The number of carbonyl (C=O) groups is 1. The van der Waals surface area contributed by atoms with Crippen molar-refractivity contribution in [2.75, 3.05) is 18.1 Å². The first-order chi connectivity index (χ1) is 7.18. The van der Waals surface area contributed by atoms with E-state index >= 15 is 0 Å². The molecule has 2 rings (SSSR count). The Morgan fingerprint density at radius 3 is 2.80 bits per heavy atom. The van der Waals surface area contributed by atoms with Crippen LogP contribution in [0.5, 0.6) is 0 Å². The van der Waals surface area contributed by atoms with Gasteiger partial charge in [0.25, 0.3) is 5.69 Å². The lowest BCUT2D eigenvalue weighted by Gasteiger charge is -2.09. The Morgan fingerprint density at radius 2 is 2.33 bits per heavy atom. The van der Waals surface area contributed by atoms with Crippen LogP contribution in [0.4, 0.5) is 16.3 Å². The quantitative estimate of drug-likeness (QED) is 0.534. The van der Waals surface area contributed by atoms with E-state index in [4.69, 9.17) is 4.74 Å². The van der Waals surface area contributed by atoms with Gasteiger partial charge in [-0.15, -0.1) is 0 Å². The van der Waals surface area contributed by atoms with E-state index < -0.39 is 11.0 Å². The molecule has 1 aromatic rings. The largest absolute Gasteiger partial charge is 0.447 e. The van der Waals surface area contributed by atoms with Crippen LogP contribution in [0.1, 0.15) is 0 Å². The summed E-state index contributed by atoms with van der Waals surface area (Å²) in [6.07, 6.45) is 0.636. The van der Waals surface area contributed by atoms with E-state index in [0.29, 0.717) is 19.0 Å². The zero-order valence-corrected chi connectivity index (χ0v) is 7.62. The Balaban J connectivity index is 2.23. The summed E-state index contributed by atoms with van der Waals surface area (Å²) in [5, 5.41) is 10.4. The number of amides is 1. The summed E-state index contributed by atoms with van der Waals surface area (Å²) in [5.74, 6) is 0.364. The van der Waals surface area contributed by atoms with Crippen molar-refractivity contribution >= 4 is 17.6 Å². The highest BCUT2D eigenvalue weighted by molar-refractivity contribution is 5.88. The number of carbonyl (C=O) groups excluding carboxylic acids is 1. The standard InChI is InChI=1S/C8H7N3O4/c12-8-10(3-4-15-8)7-2-1-6(5-9-7)11(13)14/h1-2,5H,3-4H2. The molecule has 1 fully saturated rings. The first kappa shape index (κ1) is 9.38. The number of nitro groups is 1. The van der Waals surface area contributed by atoms with Gasteiger partial charge < -0.3 is 4.74 Å². The Kier molecular flexibility index (Phi) is 2.20. The van der Waals surface area contributed by atoms with E-state index in [9.17, 15) is 14.9 Å². The number of aromatic nitrogens is 1. The van der Waals surface area contributed by atoms with E-state index in [-0.39, 0.29) is 5.69 Å². The number of nitrogens with zero attached hydrogens (tertiary/aromatic N) is 3. The van der Waals surface area contributed by atoms with Crippen molar-refractivity contribution in [3.63, 3.8) is 0 Å². The van der Waals surface area contributed by atoms with E-state index in [1.54, 1.807) is 0 Å². The van der Waals surface area contributed by atoms with Crippen molar-refractivity contribution in [3.8, 4) is 0 Å². The third kappa shape index (κ3) is 1.71. The maximum absolute atomic E-state index is 11.1. The zero-order chi connectivity index (χ0) is 10.8. The van der Waals surface area contributed by atoms with Gasteiger partial charge in [0, 0.05) is 6.07 Å². The highest BCUT2D eigenvalue weighted by Crippen LogP contribution is 2.18. The molecule has 0 saturated carbocycles. The number of ether oxygens (including phenoxy) is 1. The highest BCUT2D eigenvalue weighted by atomic mass is 16.6. The highest BCUT2D eigenvalue weighted by Gasteiger charge is 2.24. The maximum atomic E-state index is 11.1. The molecule has 0 N–H and O–H groups in total. The SMILES string of the molecule is O=C1OCCN1c1ccc([N+](=O)[O-])cn1. The third-order valence-corrected chi connectivity index (χ3v) is 1.98. The van der Waals surface area contributed by atoms with Crippen LogP contribution in [0.25, 0.3) is 0 Å². The number of hydrogen-bond acceptors (Lipinski definition) is 5. The summed E-state index contributed by atoms with van der Waals surface area (Å²) in [6.45, 7) is 0.737. The molecule has 1 amide bonds. The minimum Gasteiger partial charge on any atom is -0.447 e. The lowest BCUT2D eigenvalue weighted by molar-refractivity contribution is -0.385. The predicted octanol–water partition coefficient (Wildman–Crippen LogP) is 0.946. The molecule has 1 aliphatic heterocycles. The second-order valence-electron chi connectivity index (χ2n) is 2.90. The molecular formula is C8H7N3O4. The zero-order valence-electron chi connectivity index (χ0n) is 7.62. The maximum Gasteiger partial charge on any atom is 0.415 e. The summed E-state index contributed by atoms with van der Waals surface area (Å²) >= 11 is 0. The normalized spacial score (nSPS) is 15.2. The van der Waals surface area contributed by atoms with Gasteiger partial charge >= 0.3 is 6.09 Å². The van der Waals surface area contributed by atoms with Crippen LogP contribution >= 0.6 is 0 Å². The van der Waals surface area contributed by atoms with Gasteiger partial charge in [0.1, 0.15) is 18.6 Å². The average Bonchev–Trinajstić information content (AvgIpc) is 2.65. The lowest BCUT2D eigenvalue weighted by Crippen LogP contribution is -2.24. The molecular weight excluding hydrogens is 202 g/mol. The minimum absolute atomic E-state index is 0.105. The molecule has 2 heterocycles. The molecule has 15 heavy (non-hydrogen) atoms.